The number of hydrogen-bond acceptors (Lipinski definition) is 12. The molecule has 1 saturated carbocycles. The maximum absolute atomic E-state index is 5.81. The highest BCUT2D eigenvalue weighted by atomic mass is 16.5. The van der Waals surface area contributed by atoms with Crippen LogP contribution in [0.4, 0.5) is 0 Å². The molecule has 286 valence electrons. The predicted octanol–water partition coefficient (Wildman–Crippen LogP) is 5.50. The first kappa shape index (κ1) is 37.2. The molecule has 2 aliphatic heterocycles. The van der Waals surface area contributed by atoms with Crippen LogP contribution < -0.4 is 5.84 Å². The number of rotatable bonds is 11. The van der Waals surface area contributed by atoms with E-state index in [0.717, 1.165) is 85.7 Å². The molecule has 56 heavy (non-hydrogen) atoms. The SMILES string of the molecule is Cc1cc(C2CCN(C(c3ccccn3)C3CC3C#Cc3ccc(C)c(-c4cn(Cc5ncccn5)nn4)n3)CC2)cnc1/C(C=NCC1CCCCO1)=N/N. The summed E-state index contributed by atoms with van der Waals surface area (Å²) in [5, 5.41) is 12.7. The maximum Gasteiger partial charge on any atom is 0.149 e. The Morgan fingerprint density at radius 2 is 1.86 bits per heavy atom. The molecular formula is C43H48N12O. The first-order valence-corrected chi connectivity index (χ1v) is 19.7. The molecule has 1 aliphatic carbocycles. The third kappa shape index (κ3) is 8.88. The molecule has 13 heteroatoms. The van der Waals surface area contributed by atoms with Crippen molar-refractivity contribution in [2.45, 2.75) is 77.0 Å². The summed E-state index contributed by atoms with van der Waals surface area (Å²) in [6, 6.07) is 14.5. The molecule has 0 spiro atoms. The van der Waals surface area contributed by atoms with E-state index in [1.54, 1.807) is 29.4 Å². The van der Waals surface area contributed by atoms with E-state index in [4.69, 9.17) is 25.5 Å². The Balaban J connectivity index is 0.909. The Morgan fingerprint density at radius 1 is 1.00 bits per heavy atom. The summed E-state index contributed by atoms with van der Waals surface area (Å²) in [5.74, 6) is 14.5. The van der Waals surface area contributed by atoms with Crippen molar-refractivity contribution in [1.82, 2.24) is 44.8 Å². The van der Waals surface area contributed by atoms with E-state index in [9.17, 15) is 0 Å². The largest absolute Gasteiger partial charge is 0.376 e. The lowest BCUT2D eigenvalue weighted by atomic mass is 9.88. The summed E-state index contributed by atoms with van der Waals surface area (Å²) in [5.41, 5.74) is 8.03. The zero-order chi connectivity index (χ0) is 38.3. The van der Waals surface area contributed by atoms with Crippen molar-refractivity contribution in [3.8, 4) is 23.2 Å². The van der Waals surface area contributed by atoms with Gasteiger partial charge in [0.05, 0.1) is 48.2 Å². The highest BCUT2D eigenvalue weighted by Gasteiger charge is 2.46. The Bertz CT molecular complexity index is 2210. The van der Waals surface area contributed by atoms with Crippen LogP contribution in [0.3, 0.4) is 0 Å². The van der Waals surface area contributed by atoms with Crippen LogP contribution in [0.2, 0.25) is 0 Å². The zero-order valence-corrected chi connectivity index (χ0v) is 32.1. The lowest BCUT2D eigenvalue weighted by Crippen LogP contribution is -2.37. The molecule has 8 rings (SSSR count). The lowest BCUT2D eigenvalue weighted by Gasteiger charge is -2.38. The van der Waals surface area contributed by atoms with Gasteiger partial charge in [0, 0.05) is 37.3 Å². The second-order valence-electron chi connectivity index (χ2n) is 15.0. The fourth-order valence-corrected chi connectivity index (χ4v) is 7.99. The Morgan fingerprint density at radius 3 is 2.62 bits per heavy atom. The number of likely N-dealkylation sites (tertiary alicyclic amines) is 1. The Kier molecular flexibility index (Phi) is 11.6. The maximum atomic E-state index is 5.81. The van der Waals surface area contributed by atoms with E-state index in [1.807, 2.05) is 37.6 Å². The van der Waals surface area contributed by atoms with Gasteiger partial charge in [0.1, 0.15) is 29.5 Å². The number of pyridine rings is 3. The van der Waals surface area contributed by atoms with Gasteiger partial charge < -0.3 is 10.6 Å². The average Bonchev–Trinajstić information content (AvgIpc) is 3.85. The molecule has 13 nitrogen and oxygen atoms in total. The summed E-state index contributed by atoms with van der Waals surface area (Å²) in [6.45, 7) is 7.94. The van der Waals surface area contributed by atoms with E-state index >= 15 is 0 Å². The number of aliphatic imine (C=N–C) groups is 1. The van der Waals surface area contributed by atoms with Gasteiger partial charge >= 0.3 is 0 Å². The third-order valence-corrected chi connectivity index (χ3v) is 11.1. The minimum Gasteiger partial charge on any atom is -0.376 e. The van der Waals surface area contributed by atoms with Crippen molar-refractivity contribution < 1.29 is 4.74 Å². The van der Waals surface area contributed by atoms with Gasteiger partial charge in [-0.05, 0) is 124 Å². The molecule has 2 saturated heterocycles. The lowest BCUT2D eigenvalue weighted by molar-refractivity contribution is 0.0226. The van der Waals surface area contributed by atoms with Crippen LogP contribution in [-0.2, 0) is 11.3 Å². The topological polar surface area (TPSA) is 158 Å². The van der Waals surface area contributed by atoms with Crippen LogP contribution in [0.25, 0.3) is 11.4 Å². The van der Waals surface area contributed by atoms with Crippen molar-refractivity contribution in [3.05, 3.63) is 113 Å². The average molecular weight is 749 g/mol. The quantitative estimate of drug-likeness (QED) is 0.0792. The number of ether oxygens (including phenoxy) is 1. The molecule has 0 bridgehead atoms. The summed E-state index contributed by atoms with van der Waals surface area (Å²) in [7, 11) is 0. The number of hydrazone groups is 1. The highest BCUT2D eigenvalue weighted by Crippen LogP contribution is 2.50. The van der Waals surface area contributed by atoms with Gasteiger partial charge in [-0.2, -0.15) is 5.10 Å². The molecule has 3 fully saturated rings. The van der Waals surface area contributed by atoms with Crippen molar-refractivity contribution in [3.63, 3.8) is 0 Å². The minimum atomic E-state index is 0.172. The number of nitrogens with zero attached hydrogens (tertiary/aromatic N) is 11. The summed E-state index contributed by atoms with van der Waals surface area (Å²) in [6.07, 6.45) is 17.6. The summed E-state index contributed by atoms with van der Waals surface area (Å²) in [4.78, 5) is 30.4. The molecule has 5 aromatic rings. The monoisotopic (exact) mass is 748 g/mol. The van der Waals surface area contributed by atoms with E-state index < -0.39 is 0 Å². The predicted molar refractivity (Wildman–Crippen MR) is 215 cm³/mol. The third-order valence-electron chi connectivity index (χ3n) is 11.1. The van der Waals surface area contributed by atoms with Gasteiger partial charge in [-0.25, -0.2) is 19.6 Å². The molecule has 5 aromatic heterocycles. The molecule has 3 aliphatic rings. The van der Waals surface area contributed by atoms with Gasteiger partial charge in [0.15, 0.2) is 0 Å². The number of aromatic nitrogens is 8. The smallest absolute Gasteiger partial charge is 0.149 e. The van der Waals surface area contributed by atoms with E-state index in [2.05, 4.69) is 78.3 Å². The van der Waals surface area contributed by atoms with Crippen LogP contribution in [-0.4, -0.2) is 89.1 Å². The van der Waals surface area contributed by atoms with E-state index in [-0.39, 0.29) is 18.1 Å². The summed E-state index contributed by atoms with van der Waals surface area (Å²) >= 11 is 0. The second-order valence-corrected chi connectivity index (χ2v) is 15.0. The van der Waals surface area contributed by atoms with Gasteiger partial charge in [-0.15, -0.1) is 5.10 Å². The standard InChI is InChI=1S/C43H48N12O/c1-29-10-12-34(50-42(29)39-27-55(53-52-39)28-40-47-17-7-18-48-40)13-11-32-23-36(32)43(37-9-3-5-16-46-37)54-19-14-31(15-20-54)33-22-30(2)41(49-24-33)38(51-44)26-45-25-35-8-4-6-21-56-35/h3,5,7,9-10,12,16-18,22,24,26-27,31-32,35-36,43H,4,6,8,14-15,19-21,23,25,28,44H2,1-2H3/b45-26?,51-38+. The van der Waals surface area contributed by atoms with Gasteiger partial charge in [0.2, 0.25) is 0 Å². The van der Waals surface area contributed by atoms with E-state index in [0.29, 0.717) is 42.2 Å². The van der Waals surface area contributed by atoms with Crippen LogP contribution in [0.5, 0.6) is 0 Å². The molecule has 0 radical (unpaired) electrons. The molecule has 7 heterocycles. The summed E-state index contributed by atoms with van der Waals surface area (Å²) < 4.78 is 7.54. The van der Waals surface area contributed by atoms with Crippen LogP contribution in [0, 0.1) is 37.5 Å². The minimum absolute atomic E-state index is 0.172. The molecular weight excluding hydrogens is 701 g/mol. The van der Waals surface area contributed by atoms with Crippen LogP contribution in [0.15, 0.2) is 83.5 Å². The van der Waals surface area contributed by atoms with Gasteiger partial charge in [-0.3, -0.25) is 19.9 Å². The molecule has 4 atom stereocenters. The molecule has 0 aromatic carbocycles. The first-order chi connectivity index (χ1) is 27.5. The number of nitrogens with two attached hydrogens (primary N) is 1. The fourth-order valence-electron chi connectivity index (χ4n) is 7.99. The second kappa shape index (κ2) is 17.4. The van der Waals surface area contributed by atoms with Gasteiger partial charge in [0.25, 0.3) is 0 Å². The number of piperidine rings is 1. The molecule has 4 unspecified atom stereocenters. The van der Waals surface area contributed by atoms with Crippen LogP contribution in [0.1, 0.15) is 90.1 Å². The van der Waals surface area contributed by atoms with Crippen molar-refractivity contribution in [2.24, 2.45) is 27.8 Å². The first-order valence-electron chi connectivity index (χ1n) is 19.7. The van der Waals surface area contributed by atoms with Gasteiger partial charge in [-0.1, -0.05) is 29.3 Å². The normalized spacial score (nSPS) is 21.1. The Hall–Kier alpha value is -5.71. The molecule has 0 amide bonds. The van der Waals surface area contributed by atoms with Crippen molar-refractivity contribution >= 4 is 11.9 Å². The Labute approximate surface area is 328 Å². The molecule has 2 N–H and O–H groups in total. The van der Waals surface area contributed by atoms with Crippen molar-refractivity contribution in [1.29, 1.82) is 0 Å². The number of hydrogen-bond donors (Lipinski definition) is 1. The van der Waals surface area contributed by atoms with Crippen LogP contribution >= 0.6 is 0 Å². The van der Waals surface area contributed by atoms with E-state index in [1.165, 1.54) is 12.0 Å². The van der Waals surface area contributed by atoms with Crippen molar-refractivity contribution in [2.75, 3.05) is 26.2 Å². The zero-order valence-electron chi connectivity index (χ0n) is 32.1. The number of aryl methyl sites for hydroxylation is 2. The highest BCUT2D eigenvalue weighted by molar-refractivity contribution is 6.37. The fraction of sp³-hybridized carbons (Fsp3) is 0.419.